The average molecular weight is 730 g/mol. The SMILES string of the molecule is CP12(OC(C(F)(F)C(F)(F)F)(C(F)(F)C(F)(F)F)c3ccccc31)OC(C(F)(F)C(F)(F)F)(C(F)(F)C(F)(F)F)c1ccccc12. The van der Waals surface area contributed by atoms with Gasteiger partial charge in [0.15, 0.2) is 0 Å². The molecule has 0 unspecified atom stereocenters. The molecule has 0 atom stereocenters. The third-order valence-electron chi connectivity index (χ3n) is 7.59. The molecule has 0 saturated heterocycles. The Labute approximate surface area is 241 Å². The first-order valence-electron chi connectivity index (χ1n) is 11.6. The maximum absolute atomic E-state index is 15.3. The summed E-state index contributed by atoms with van der Waals surface area (Å²) in [6.45, 7) is -0.384. The van der Waals surface area contributed by atoms with Gasteiger partial charge in [-0.05, 0) is 0 Å². The molecular formula is C23H11F20O2P. The van der Waals surface area contributed by atoms with Crippen LogP contribution in [0.3, 0.4) is 0 Å². The zero-order valence-corrected chi connectivity index (χ0v) is 22.3. The van der Waals surface area contributed by atoms with Crippen LogP contribution in [-0.2, 0) is 20.2 Å². The fraction of sp³-hybridized carbons (Fsp3) is 0.478. The van der Waals surface area contributed by atoms with Crippen molar-refractivity contribution in [1.82, 2.24) is 0 Å². The van der Waals surface area contributed by atoms with Crippen molar-refractivity contribution in [3.8, 4) is 0 Å². The Hall–Kier alpha value is -2.61. The van der Waals surface area contributed by atoms with Crippen LogP contribution in [0, 0.1) is 0 Å². The molecule has 1 spiro atoms. The molecule has 0 aromatic heterocycles. The summed E-state index contributed by atoms with van der Waals surface area (Å²) in [6, 6.07) is 0.0930. The van der Waals surface area contributed by atoms with Gasteiger partial charge in [-0.1, -0.05) is 0 Å². The topological polar surface area (TPSA) is 18.5 Å². The van der Waals surface area contributed by atoms with E-state index >= 15 is 35.1 Å². The molecule has 0 radical (unpaired) electrons. The van der Waals surface area contributed by atoms with Crippen LogP contribution in [0.1, 0.15) is 11.1 Å². The molecular weight excluding hydrogens is 719 g/mol. The van der Waals surface area contributed by atoms with Crippen molar-refractivity contribution in [3.63, 3.8) is 0 Å². The first-order chi connectivity index (χ1) is 20.2. The molecule has 0 fully saturated rings. The van der Waals surface area contributed by atoms with E-state index in [1.54, 1.807) is 0 Å². The standard InChI is InChI=1S/C23H11F20O2P/c1-46(12-8-4-2-6-10(12)14(44-46,16(24,25)20(32,33)34)17(26,27)21(35,36)37)13-9-5-3-7-11(13)15(45-46,18(28,29)22(38,39)40)19(30,31)23(41,42)43/h2-9H,1H3. The number of alkyl halides is 20. The molecule has 2 aliphatic heterocycles. The predicted molar refractivity (Wildman–Crippen MR) is 115 cm³/mol. The molecule has 2 heterocycles. The third kappa shape index (κ3) is 3.79. The van der Waals surface area contributed by atoms with Crippen LogP contribution >= 0.6 is 7.06 Å². The molecule has 260 valence electrons. The van der Waals surface area contributed by atoms with Crippen molar-refractivity contribution < 1.29 is 96.9 Å². The molecule has 2 aromatic rings. The van der Waals surface area contributed by atoms with E-state index in [0.717, 1.165) is 0 Å². The van der Waals surface area contributed by atoms with E-state index in [1.165, 1.54) is 0 Å². The summed E-state index contributed by atoms with van der Waals surface area (Å²) in [6.07, 6.45) is -30.2. The summed E-state index contributed by atoms with van der Waals surface area (Å²) in [5.74, 6) is -30.3. The van der Waals surface area contributed by atoms with E-state index in [1.807, 2.05) is 0 Å². The van der Waals surface area contributed by atoms with Crippen LogP contribution < -0.4 is 10.6 Å². The molecule has 0 aliphatic carbocycles. The van der Waals surface area contributed by atoms with Gasteiger partial charge in [-0.3, -0.25) is 0 Å². The van der Waals surface area contributed by atoms with E-state index in [-0.39, 0.29) is 30.9 Å². The molecule has 23 heteroatoms. The molecule has 46 heavy (non-hydrogen) atoms. The Morgan fingerprint density at radius 3 is 0.848 bits per heavy atom. The fourth-order valence-corrected chi connectivity index (χ4v) is 10.8. The van der Waals surface area contributed by atoms with Crippen molar-refractivity contribution >= 4 is 17.7 Å². The van der Waals surface area contributed by atoms with Gasteiger partial charge in [-0.15, -0.1) is 0 Å². The molecule has 2 aromatic carbocycles. The van der Waals surface area contributed by atoms with Crippen molar-refractivity contribution in [2.45, 2.75) is 59.6 Å². The first-order valence-corrected chi connectivity index (χ1v) is 14.1. The van der Waals surface area contributed by atoms with Crippen LogP contribution in [0.25, 0.3) is 0 Å². The molecule has 2 aliphatic rings. The summed E-state index contributed by atoms with van der Waals surface area (Å²) in [5, 5.41) is -4.18. The second-order valence-corrected chi connectivity index (χ2v) is 14.3. The summed E-state index contributed by atoms with van der Waals surface area (Å²) >= 11 is 0. The van der Waals surface area contributed by atoms with Crippen molar-refractivity contribution in [1.29, 1.82) is 0 Å². The molecule has 0 saturated carbocycles. The molecule has 0 amide bonds. The van der Waals surface area contributed by atoms with E-state index in [9.17, 15) is 52.7 Å². The molecule has 0 bridgehead atoms. The number of hydrogen-bond donors (Lipinski definition) is 0. The van der Waals surface area contributed by atoms with Gasteiger partial charge in [0.2, 0.25) is 0 Å². The average Bonchev–Trinajstić information content (AvgIpc) is 3.28. The number of hydrogen-bond acceptors (Lipinski definition) is 2. The number of benzene rings is 2. The van der Waals surface area contributed by atoms with Gasteiger partial charge in [-0.25, -0.2) is 0 Å². The molecule has 2 nitrogen and oxygen atoms in total. The van der Waals surface area contributed by atoms with Gasteiger partial charge in [0.1, 0.15) is 0 Å². The third-order valence-corrected chi connectivity index (χ3v) is 12.0. The van der Waals surface area contributed by atoms with E-state index < -0.39 is 101 Å². The van der Waals surface area contributed by atoms with Gasteiger partial charge in [0, 0.05) is 0 Å². The van der Waals surface area contributed by atoms with Crippen molar-refractivity contribution in [2.24, 2.45) is 0 Å². The fourth-order valence-electron chi connectivity index (χ4n) is 5.65. The quantitative estimate of drug-likeness (QED) is 0.231. The summed E-state index contributed by atoms with van der Waals surface area (Å²) in [7, 11) is -7.80. The van der Waals surface area contributed by atoms with E-state index in [2.05, 4.69) is 9.05 Å². The summed E-state index contributed by atoms with van der Waals surface area (Å²) < 4.78 is 296. The van der Waals surface area contributed by atoms with Gasteiger partial charge >= 0.3 is 240 Å². The first kappa shape index (κ1) is 36.2. The van der Waals surface area contributed by atoms with Gasteiger partial charge in [0.05, 0.1) is 0 Å². The second-order valence-electron chi connectivity index (χ2n) is 10.2. The summed E-state index contributed by atoms with van der Waals surface area (Å²) in [5.41, 5.74) is -18.6. The van der Waals surface area contributed by atoms with Gasteiger partial charge in [0.25, 0.3) is 0 Å². The van der Waals surface area contributed by atoms with Crippen molar-refractivity contribution in [3.05, 3.63) is 59.7 Å². The van der Waals surface area contributed by atoms with Crippen molar-refractivity contribution in [2.75, 3.05) is 6.66 Å². The van der Waals surface area contributed by atoms with Crippen LogP contribution in [0.15, 0.2) is 48.5 Å². The van der Waals surface area contributed by atoms with Crippen LogP contribution in [0.2, 0.25) is 0 Å². The maximum atomic E-state index is 15.3. The zero-order valence-electron chi connectivity index (χ0n) is 21.4. The van der Waals surface area contributed by atoms with E-state index in [0.29, 0.717) is 12.1 Å². The Morgan fingerprint density at radius 1 is 0.413 bits per heavy atom. The zero-order chi connectivity index (χ0) is 35.8. The Kier molecular flexibility index (Phi) is 7.16. The van der Waals surface area contributed by atoms with Crippen LogP contribution in [0.4, 0.5) is 87.8 Å². The Balaban J connectivity index is 2.35. The second kappa shape index (κ2) is 9.09. The monoisotopic (exact) mass is 730 g/mol. The number of fused-ring (bicyclic) bond motifs is 4. The van der Waals surface area contributed by atoms with Gasteiger partial charge < -0.3 is 0 Å². The molecule has 4 rings (SSSR count). The Morgan fingerprint density at radius 2 is 0.630 bits per heavy atom. The number of rotatable bonds is 4. The summed E-state index contributed by atoms with van der Waals surface area (Å²) in [4.78, 5) is 0. The minimum absolute atomic E-state index is 0.0852. The van der Waals surface area contributed by atoms with E-state index in [4.69, 9.17) is 0 Å². The van der Waals surface area contributed by atoms with Crippen LogP contribution in [0.5, 0.6) is 0 Å². The normalized spacial score (nSPS) is 22.2. The minimum atomic E-state index is -7.80. The van der Waals surface area contributed by atoms with Gasteiger partial charge in [-0.2, -0.15) is 0 Å². The number of halogens is 20. The Bertz CT molecular complexity index is 1380. The van der Waals surface area contributed by atoms with Crippen LogP contribution in [-0.4, -0.2) is 55.1 Å². The predicted octanol–water partition coefficient (Wildman–Crippen LogP) is 8.89. The molecule has 0 N–H and O–H groups in total.